The molecular formula is C96H60B3N7O3. The van der Waals surface area contributed by atoms with Crippen LogP contribution in [0, 0.1) is 0 Å². The van der Waals surface area contributed by atoms with Gasteiger partial charge in [0.05, 0.1) is 34.1 Å². The van der Waals surface area contributed by atoms with Crippen LogP contribution >= 0.6 is 0 Å². The van der Waals surface area contributed by atoms with Crippen molar-refractivity contribution >= 4 is 189 Å². The van der Waals surface area contributed by atoms with Gasteiger partial charge in [-0.25, -0.2) is 0 Å². The minimum Gasteiger partial charge on any atom is -0.458 e. The summed E-state index contributed by atoms with van der Waals surface area (Å²) in [6.45, 7) is -0.709. The molecule has 506 valence electrons. The van der Waals surface area contributed by atoms with E-state index in [-0.39, 0.29) is 20.1 Å². The zero-order valence-corrected chi connectivity index (χ0v) is 58.7. The Morgan fingerprint density at radius 3 is 1.05 bits per heavy atom. The van der Waals surface area contributed by atoms with Crippen LogP contribution in [0.15, 0.2) is 364 Å². The summed E-state index contributed by atoms with van der Waals surface area (Å²) < 4.78 is 23.2. The topological polar surface area (TPSA) is 50.4 Å². The molecule has 8 aliphatic rings. The fraction of sp³-hybridized carbons (Fsp3) is 0. The van der Waals surface area contributed by atoms with E-state index in [1.54, 1.807) is 0 Å². The molecule has 0 aliphatic carbocycles. The minimum absolute atomic E-state index is 0.204. The maximum absolute atomic E-state index is 7.84. The molecule has 8 heterocycles. The van der Waals surface area contributed by atoms with Gasteiger partial charge in [0, 0.05) is 110 Å². The molecule has 24 rings (SSSR count). The molecule has 0 amide bonds. The highest BCUT2D eigenvalue weighted by Gasteiger charge is 2.54. The highest BCUT2D eigenvalue weighted by atomic mass is 16.5. The normalized spacial score (nSPS) is 13.8. The Labute approximate surface area is 631 Å². The van der Waals surface area contributed by atoms with E-state index in [0.29, 0.717) is 5.75 Å². The number of hydrogen-bond donors (Lipinski definition) is 0. The first-order chi connectivity index (χ1) is 54.1. The van der Waals surface area contributed by atoms with Crippen LogP contribution in [0.3, 0.4) is 0 Å². The Morgan fingerprint density at radius 2 is 0.532 bits per heavy atom. The van der Waals surface area contributed by atoms with E-state index in [0.717, 1.165) is 170 Å². The lowest BCUT2D eigenvalue weighted by molar-refractivity contribution is 0.459. The molecular weight excluding hydrogens is 1330 g/mol. The monoisotopic (exact) mass is 1390 g/mol. The molecule has 0 bridgehead atoms. The molecule has 0 unspecified atom stereocenters. The third kappa shape index (κ3) is 8.66. The van der Waals surface area contributed by atoms with Gasteiger partial charge in [-0.3, -0.25) is 4.90 Å². The zero-order chi connectivity index (χ0) is 71.1. The van der Waals surface area contributed by atoms with Gasteiger partial charge in [0.15, 0.2) is 11.5 Å². The smallest absolute Gasteiger partial charge is 0.256 e. The summed E-state index contributed by atoms with van der Waals surface area (Å²) in [6, 6.07) is 132. The van der Waals surface area contributed by atoms with E-state index in [4.69, 9.17) is 14.2 Å². The van der Waals surface area contributed by atoms with Crippen molar-refractivity contribution < 1.29 is 14.2 Å². The maximum atomic E-state index is 7.84. The Bertz CT molecular complexity index is 6410. The lowest BCUT2D eigenvalue weighted by atomic mass is 9.28. The molecule has 0 atom stereocenters. The number of anilines is 21. The van der Waals surface area contributed by atoms with Crippen LogP contribution in [0.1, 0.15) is 0 Å². The molecule has 16 aromatic carbocycles. The molecule has 10 nitrogen and oxygen atoms in total. The zero-order valence-electron chi connectivity index (χ0n) is 58.7. The van der Waals surface area contributed by atoms with Crippen molar-refractivity contribution in [1.82, 2.24) is 0 Å². The minimum atomic E-state index is -0.281. The number of benzene rings is 16. The summed E-state index contributed by atoms with van der Waals surface area (Å²) in [5, 5.41) is 0. The highest BCUT2D eigenvalue weighted by molar-refractivity contribution is 7.05. The second kappa shape index (κ2) is 23.1. The molecule has 0 spiro atoms. The van der Waals surface area contributed by atoms with Crippen LogP contribution in [0.4, 0.5) is 119 Å². The van der Waals surface area contributed by atoms with E-state index in [2.05, 4.69) is 398 Å². The number of para-hydroxylation sites is 12. The van der Waals surface area contributed by atoms with Gasteiger partial charge >= 0.3 is 0 Å². The van der Waals surface area contributed by atoms with Gasteiger partial charge in [0.2, 0.25) is 0 Å². The largest absolute Gasteiger partial charge is 0.458 e. The van der Waals surface area contributed by atoms with Crippen LogP contribution in [0.5, 0.6) is 34.5 Å². The third-order valence-corrected chi connectivity index (χ3v) is 23.3. The fourth-order valence-corrected chi connectivity index (χ4v) is 19.0. The van der Waals surface area contributed by atoms with Crippen molar-refractivity contribution in [1.29, 1.82) is 0 Å². The average Bonchev–Trinajstić information content (AvgIpc) is 0.669. The maximum Gasteiger partial charge on any atom is 0.256 e. The number of ether oxygens (including phenoxy) is 3. The first kappa shape index (κ1) is 60.0. The number of fused-ring (bicyclic) bond motifs is 18. The summed E-state index contributed by atoms with van der Waals surface area (Å²) in [4.78, 5) is 17.0. The molecule has 0 fully saturated rings. The second-order valence-corrected chi connectivity index (χ2v) is 29.0. The van der Waals surface area contributed by atoms with Crippen molar-refractivity contribution in [3.63, 3.8) is 0 Å². The summed E-state index contributed by atoms with van der Waals surface area (Å²) in [7, 11) is 0. The number of hydrogen-bond acceptors (Lipinski definition) is 10. The Morgan fingerprint density at radius 1 is 0.183 bits per heavy atom. The fourth-order valence-electron chi connectivity index (χ4n) is 19.0. The molecule has 0 N–H and O–H groups in total. The second-order valence-electron chi connectivity index (χ2n) is 29.0. The van der Waals surface area contributed by atoms with Gasteiger partial charge in [-0.1, -0.05) is 200 Å². The first-order valence-corrected chi connectivity index (χ1v) is 37.4. The van der Waals surface area contributed by atoms with Crippen molar-refractivity contribution in [2.75, 3.05) is 34.3 Å². The van der Waals surface area contributed by atoms with Crippen LogP contribution in [-0.4, -0.2) is 20.1 Å². The van der Waals surface area contributed by atoms with Gasteiger partial charge in [-0.2, -0.15) is 0 Å². The third-order valence-electron chi connectivity index (χ3n) is 23.3. The molecule has 0 radical (unpaired) electrons. The quantitative estimate of drug-likeness (QED) is 0.131. The summed E-state index contributed by atoms with van der Waals surface area (Å²) >= 11 is 0. The SMILES string of the molecule is c1ccc(N(c2ccccc2)c2cc3c4c(c2)N(c2ccccc2)c2ccccc2B4c2cc4c(cc2O3)N2c3ccccc3B3c5cc6c(cc5Oc5cc7c(c2c53)B4c2ccccc2N7c2ccccc2)Oc2cc(N(c3ccccc3)c3ccccc3)cc3c2N6c2ccccc2N3c2ccccc2)cc1. The Hall–Kier alpha value is -14.3. The molecule has 0 saturated carbocycles. The van der Waals surface area contributed by atoms with E-state index >= 15 is 0 Å². The summed E-state index contributed by atoms with van der Waals surface area (Å²) in [6.07, 6.45) is 0. The van der Waals surface area contributed by atoms with Crippen molar-refractivity contribution in [3.05, 3.63) is 364 Å². The summed E-state index contributed by atoms with van der Waals surface area (Å²) in [5.41, 5.74) is 32.3. The lowest BCUT2D eigenvalue weighted by Gasteiger charge is -2.50. The predicted octanol–water partition coefficient (Wildman–Crippen LogP) is 19.4. The van der Waals surface area contributed by atoms with E-state index in [1.807, 2.05) is 0 Å². The van der Waals surface area contributed by atoms with Gasteiger partial charge in [0.25, 0.3) is 20.1 Å². The molecule has 109 heavy (non-hydrogen) atoms. The van der Waals surface area contributed by atoms with Crippen LogP contribution < -0.4 is 97.7 Å². The lowest BCUT2D eigenvalue weighted by Crippen LogP contribution is -2.68. The van der Waals surface area contributed by atoms with E-state index in [9.17, 15) is 0 Å². The number of rotatable bonds is 9. The standard InChI is InChI=1S/C96H60B3N7O3/c1-8-30-61(31-9-1)100(62-32-10-2-11-33-62)68-52-83-92-89(54-68)107-86-58-81-73(56-74(86)98(92)71-45-23-26-48-77(71)102(83)65-38-16-5-17-39-65)97-70-44-22-25-47-76(70)103(66-40-18-6-19-41-66)84-59-90-94-96(93(84)97)105(81)78-49-27-24-46-72(78)99(94)75-57-82-88(60-87(75)108-90)109-91-55-69(101(63-34-12-3-13-35-63)64-36-14-4-15-37-64)53-85-95(91)106(82)80-51-29-28-50-79(80)104(85)67-42-20-7-21-43-67/h1-60H. The molecule has 13 heteroatoms. The average molecular weight is 1390 g/mol. The van der Waals surface area contributed by atoms with Gasteiger partial charge < -0.3 is 43.6 Å². The molecule has 16 aromatic rings. The van der Waals surface area contributed by atoms with Gasteiger partial charge in [-0.15, -0.1) is 0 Å². The van der Waals surface area contributed by atoms with Crippen molar-refractivity contribution in [2.45, 2.75) is 0 Å². The Balaban J connectivity index is 0.732. The first-order valence-electron chi connectivity index (χ1n) is 37.4. The van der Waals surface area contributed by atoms with E-state index in [1.165, 1.54) is 27.3 Å². The van der Waals surface area contributed by atoms with Crippen LogP contribution in [0.2, 0.25) is 0 Å². The van der Waals surface area contributed by atoms with Gasteiger partial charge in [-0.05, 0) is 183 Å². The van der Waals surface area contributed by atoms with Crippen molar-refractivity contribution in [3.8, 4) is 34.5 Å². The molecule has 0 saturated heterocycles. The van der Waals surface area contributed by atoms with Gasteiger partial charge in [0.1, 0.15) is 28.7 Å². The highest BCUT2D eigenvalue weighted by Crippen LogP contribution is 2.64. The number of nitrogens with zero attached hydrogens (tertiary/aromatic N) is 7. The molecule has 8 aliphatic heterocycles. The molecule has 0 aromatic heterocycles. The van der Waals surface area contributed by atoms with E-state index < -0.39 is 0 Å². The van der Waals surface area contributed by atoms with Crippen LogP contribution in [0.25, 0.3) is 0 Å². The predicted molar refractivity (Wildman–Crippen MR) is 450 cm³/mol. The Kier molecular flexibility index (Phi) is 12.7. The van der Waals surface area contributed by atoms with Crippen molar-refractivity contribution in [2.24, 2.45) is 0 Å². The van der Waals surface area contributed by atoms with Crippen LogP contribution in [-0.2, 0) is 0 Å². The summed E-state index contributed by atoms with van der Waals surface area (Å²) in [5.74, 6) is 4.58.